The molecule has 0 bridgehead atoms. The van der Waals surface area contributed by atoms with Crippen molar-refractivity contribution in [3.8, 4) is 0 Å². The Hall–Kier alpha value is -0.700. The summed E-state index contributed by atoms with van der Waals surface area (Å²) in [5, 5.41) is 2.85. The van der Waals surface area contributed by atoms with E-state index in [0.29, 0.717) is 24.1 Å². The van der Waals surface area contributed by atoms with Crippen molar-refractivity contribution in [2.75, 3.05) is 39.3 Å². The van der Waals surface area contributed by atoms with E-state index in [9.17, 15) is 13.2 Å². The molecule has 1 amide bonds. The average Bonchev–Trinajstić information content (AvgIpc) is 2.35. The molecule has 0 rings (SSSR count). The van der Waals surface area contributed by atoms with Crippen molar-refractivity contribution < 1.29 is 26.4 Å². The van der Waals surface area contributed by atoms with Crippen molar-refractivity contribution in [1.29, 1.82) is 0 Å². The second kappa shape index (κ2) is 8.56. The topological polar surface area (TPSA) is 92.7 Å². The fourth-order valence-electron chi connectivity index (χ4n) is 1.92. The molecule has 120 valence electrons. The number of hydrogen-bond acceptors (Lipinski definition) is 4. The maximum atomic E-state index is 11.5. The Balaban J connectivity index is 4.34. The average molecular weight is 311 g/mol. The van der Waals surface area contributed by atoms with E-state index in [0.717, 1.165) is 13.1 Å². The van der Waals surface area contributed by atoms with Crippen LogP contribution in [0.4, 0.5) is 0 Å². The summed E-state index contributed by atoms with van der Waals surface area (Å²) in [7, 11) is -4.39. The highest BCUT2D eigenvalue weighted by Gasteiger charge is 2.24. The number of amides is 1. The van der Waals surface area contributed by atoms with Crippen LogP contribution in [-0.4, -0.2) is 62.7 Å². The molecule has 0 aromatic rings. The van der Waals surface area contributed by atoms with Crippen LogP contribution in [0.3, 0.4) is 0 Å². The van der Waals surface area contributed by atoms with Gasteiger partial charge in [-0.3, -0.25) is 9.35 Å². The van der Waals surface area contributed by atoms with E-state index in [1.165, 1.54) is 0 Å². The maximum Gasteiger partial charge on any atom is 0.397 e. The molecular formula is C12H27N2O5S+. The molecular weight excluding hydrogens is 284 g/mol. The van der Waals surface area contributed by atoms with Gasteiger partial charge in [0.25, 0.3) is 0 Å². The van der Waals surface area contributed by atoms with E-state index in [4.69, 9.17) is 4.55 Å². The molecule has 0 atom stereocenters. The van der Waals surface area contributed by atoms with E-state index in [2.05, 4.69) is 9.50 Å². The molecule has 20 heavy (non-hydrogen) atoms. The van der Waals surface area contributed by atoms with Crippen LogP contribution in [0.5, 0.6) is 0 Å². The van der Waals surface area contributed by atoms with Crippen LogP contribution in [-0.2, 0) is 19.4 Å². The molecule has 0 unspecified atom stereocenters. The van der Waals surface area contributed by atoms with Gasteiger partial charge in [0.05, 0.1) is 26.2 Å². The smallest absolute Gasteiger partial charge is 0.350 e. The summed E-state index contributed by atoms with van der Waals surface area (Å²) in [6, 6.07) is 0. The predicted molar refractivity (Wildman–Crippen MR) is 76.4 cm³/mol. The maximum absolute atomic E-state index is 11.5. The van der Waals surface area contributed by atoms with Crippen molar-refractivity contribution in [1.82, 2.24) is 5.32 Å². The Bertz CT molecular complexity index is 391. The first kappa shape index (κ1) is 19.3. The molecule has 0 aromatic heterocycles. The van der Waals surface area contributed by atoms with Gasteiger partial charge in [-0.2, -0.15) is 8.42 Å². The highest BCUT2D eigenvalue weighted by Crippen LogP contribution is 2.06. The molecule has 0 saturated carbocycles. The first-order valence-electron chi connectivity index (χ1n) is 6.90. The molecule has 0 aromatic carbocycles. The second-order valence-electron chi connectivity index (χ2n) is 5.12. The van der Waals surface area contributed by atoms with Crippen LogP contribution in [0.25, 0.3) is 0 Å². The Morgan fingerprint density at radius 1 is 1.25 bits per heavy atom. The van der Waals surface area contributed by atoms with Gasteiger partial charge in [-0.1, -0.05) is 13.8 Å². The highest BCUT2D eigenvalue weighted by molar-refractivity contribution is 7.80. The van der Waals surface area contributed by atoms with Gasteiger partial charge in [0.15, 0.2) is 0 Å². The van der Waals surface area contributed by atoms with E-state index < -0.39 is 10.4 Å². The third-order valence-electron chi connectivity index (χ3n) is 3.55. The largest absolute Gasteiger partial charge is 0.397 e. The van der Waals surface area contributed by atoms with Crippen LogP contribution >= 0.6 is 0 Å². The molecule has 0 fully saturated rings. The Labute approximate surface area is 121 Å². The monoisotopic (exact) mass is 311 g/mol. The van der Waals surface area contributed by atoms with Gasteiger partial charge in [-0.25, -0.2) is 4.18 Å². The van der Waals surface area contributed by atoms with Gasteiger partial charge < -0.3 is 9.80 Å². The summed E-state index contributed by atoms with van der Waals surface area (Å²) in [6.07, 6.45) is 0. The number of carbonyl (C=O) groups excluding carboxylic acids is 1. The molecule has 0 saturated heterocycles. The van der Waals surface area contributed by atoms with Gasteiger partial charge in [-0.05, 0) is 13.8 Å². The van der Waals surface area contributed by atoms with Gasteiger partial charge >= 0.3 is 10.4 Å². The summed E-state index contributed by atoms with van der Waals surface area (Å²) in [6.45, 7) is 10.9. The van der Waals surface area contributed by atoms with Crippen molar-refractivity contribution in [2.45, 2.75) is 27.7 Å². The van der Waals surface area contributed by atoms with Crippen molar-refractivity contribution in [2.24, 2.45) is 5.92 Å². The Kier molecular flexibility index (Phi) is 8.26. The van der Waals surface area contributed by atoms with Gasteiger partial charge in [0.2, 0.25) is 5.91 Å². The standard InChI is InChI=1S/C12H26N2O5S/c1-5-14(6-2,9-10-19-20(16,17)18)8-7-13-12(15)11(3)4/h11H,5-10H2,1-4H3,(H-,13,15,16,17,18)/p+1. The zero-order chi connectivity index (χ0) is 15.8. The molecule has 7 nitrogen and oxygen atoms in total. The first-order valence-corrected chi connectivity index (χ1v) is 8.27. The molecule has 0 heterocycles. The molecule has 0 radical (unpaired) electrons. The summed E-state index contributed by atoms with van der Waals surface area (Å²) < 4.78 is 34.6. The molecule has 2 N–H and O–H groups in total. The zero-order valence-corrected chi connectivity index (χ0v) is 13.6. The third kappa shape index (κ3) is 7.78. The van der Waals surface area contributed by atoms with E-state index >= 15 is 0 Å². The number of nitrogens with one attached hydrogen (secondary N) is 1. The normalized spacial score (nSPS) is 12.7. The fourth-order valence-corrected chi connectivity index (χ4v) is 2.21. The van der Waals surface area contributed by atoms with Crippen molar-refractivity contribution in [3.05, 3.63) is 0 Å². The van der Waals surface area contributed by atoms with E-state index in [-0.39, 0.29) is 18.4 Å². The highest BCUT2D eigenvalue weighted by atomic mass is 32.3. The van der Waals surface area contributed by atoms with Crippen molar-refractivity contribution >= 4 is 16.3 Å². The van der Waals surface area contributed by atoms with E-state index in [1.54, 1.807) is 0 Å². The summed E-state index contributed by atoms with van der Waals surface area (Å²) in [4.78, 5) is 11.5. The molecule has 8 heteroatoms. The molecule has 0 aliphatic carbocycles. The molecule has 0 aliphatic heterocycles. The minimum atomic E-state index is -4.39. The van der Waals surface area contributed by atoms with Crippen LogP contribution in [0.15, 0.2) is 0 Å². The Morgan fingerprint density at radius 3 is 2.20 bits per heavy atom. The lowest BCUT2D eigenvalue weighted by molar-refractivity contribution is -0.923. The summed E-state index contributed by atoms with van der Waals surface area (Å²) in [5.41, 5.74) is 0. The van der Waals surface area contributed by atoms with Gasteiger partial charge in [0, 0.05) is 5.92 Å². The summed E-state index contributed by atoms with van der Waals surface area (Å²) >= 11 is 0. The minimum absolute atomic E-state index is 0.00416. The quantitative estimate of drug-likeness (QED) is 0.451. The third-order valence-corrected chi connectivity index (χ3v) is 4.01. The van der Waals surface area contributed by atoms with Crippen LogP contribution in [0.2, 0.25) is 0 Å². The lowest BCUT2D eigenvalue weighted by Gasteiger charge is -2.36. The lowest BCUT2D eigenvalue weighted by Crippen LogP contribution is -2.53. The number of carbonyl (C=O) groups is 1. The minimum Gasteiger partial charge on any atom is -0.350 e. The van der Waals surface area contributed by atoms with Crippen LogP contribution in [0.1, 0.15) is 27.7 Å². The second-order valence-corrected chi connectivity index (χ2v) is 6.21. The van der Waals surface area contributed by atoms with Crippen LogP contribution in [0, 0.1) is 5.92 Å². The van der Waals surface area contributed by atoms with Gasteiger partial charge in [-0.15, -0.1) is 0 Å². The molecule has 0 aliphatic rings. The van der Waals surface area contributed by atoms with Crippen molar-refractivity contribution in [3.63, 3.8) is 0 Å². The fraction of sp³-hybridized carbons (Fsp3) is 0.917. The first-order chi connectivity index (χ1) is 9.16. The number of nitrogens with zero attached hydrogens (tertiary/aromatic N) is 1. The number of rotatable bonds is 10. The number of hydrogen-bond donors (Lipinski definition) is 2. The number of quaternary nitrogens is 1. The lowest BCUT2D eigenvalue weighted by atomic mass is 10.2. The van der Waals surface area contributed by atoms with Crippen LogP contribution < -0.4 is 5.32 Å². The Morgan fingerprint density at radius 2 is 1.80 bits per heavy atom. The SMILES string of the molecule is CC[N+](CC)(CCNC(=O)C(C)C)CCOS(=O)(=O)O. The van der Waals surface area contributed by atoms with E-state index in [1.807, 2.05) is 27.7 Å². The number of likely N-dealkylation sites (N-methyl/N-ethyl adjacent to an activating group) is 1. The zero-order valence-electron chi connectivity index (χ0n) is 12.8. The molecule has 0 spiro atoms. The summed E-state index contributed by atoms with van der Waals surface area (Å²) in [5.74, 6) is -0.0486. The van der Waals surface area contributed by atoms with Gasteiger partial charge in [0.1, 0.15) is 13.2 Å². The predicted octanol–water partition coefficient (Wildman–Crippen LogP) is 0.435.